The number of hydrogen-bond acceptors (Lipinski definition) is 6. The van der Waals surface area contributed by atoms with Gasteiger partial charge in [-0.1, -0.05) is 36.4 Å². The predicted molar refractivity (Wildman–Crippen MR) is 140 cm³/mol. The van der Waals surface area contributed by atoms with E-state index >= 15 is 0 Å². The highest BCUT2D eigenvalue weighted by Crippen LogP contribution is 2.66. The van der Waals surface area contributed by atoms with Crippen LogP contribution in [-0.4, -0.2) is 67.0 Å². The molecule has 0 bridgehead atoms. The average Bonchev–Trinajstić information content (AvgIpc) is 3.47. The van der Waals surface area contributed by atoms with Crippen molar-refractivity contribution in [3.05, 3.63) is 59.2 Å². The van der Waals surface area contributed by atoms with Crippen LogP contribution in [-0.2, 0) is 32.5 Å². The third kappa shape index (κ3) is 3.52. The number of likely N-dealkylation sites (N-methyl/N-ethyl adjacent to an activating group) is 1. The van der Waals surface area contributed by atoms with Gasteiger partial charge in [-0.15, -0.1) is 0 Å². The topological polar surface area (TPSA) is 60.4 Å². The summed E-state index contributed by atoms with van der Waals surface area (Å²) in [7, 11) is 2.28. The van der Waals surface area contributed by atoms with E-state index in [1.54, 1.807) is 6.07 Å². The van der Waals surface area contributed by atoms with E-state index in [1.165, 1.54) is 24.0 Å². The Morgan fingerprint density at radius 3 is 2.59 bits per heavy atom. The Bertz CT molecular complexity index is 1160. The molecule has 5 aliphatic rings. The average molecular weight is 506 g/mol. The number of nitrogens with zero attached hydrogens (tertiary/aromatic N) is 1. The van der Waals surface area contributed by atoms with Crippen LogP contribution in [0.5, 0.6) is 11.5 Å². The van der Waals surface area contributed by atoms with E-state index < -0.39 is 16.8 Å². The molecule has 6 nitrogen and oxygen atoms in total. The SMILES string of the molecule is CN(CC1CC1)C1Cc2ccc(O)c3c2C2(C)[C@@H](O3)C3(CC[C@@]12OCCCc1ccccc1)OCCO3. The fourth-order valence-electron chi connectivity index (χ4n) is 8.04. The largest absolute Gasteiger partial charge is 0.504 e. The lowest BCUT2D eigenvalue weighted by molar-refractivity contribution is -0.292. The van der Waals surface area contributed by atoms with Crippen molar-refractivity contribution in [2.45, 2.75) is 80.8 Å². The number of aromatic hydroxyl groups is 1. The molecule has 198 valence electrons. The summed E-state index contributed by atoms with van der Waals surface area (Å²) in [4.78, 5) is 2.57. The van der Waals surface area contributed by atoms with Crippen LogP contribution in [0.15, 0.2) is 42.5 Å². The molecule has 4 atom stereocenters. The van der Waals surface area contributed by atoms with Gasteiger partial charge in [0.1, 0.15) is 0 Å². The Kier molecular flexibility index (Phi) is 5.63. The van der Waals surface area contributed by atoms with Crippen molar-refractivity contribution < 1.29 is 24.1 Å². The smallest absolute Gasteiger partial charge is 0.207 e. The maximum atomic E-state index is 10.9. The fraction of sp³-hybridized carbons (Fsp3) is 0.613. The number of rotatable bonds is 8. The summed E-state index contributed by atoms with van der Waals surface area (Å²) in [5.41, 5.74) is 2.73. The first-order valence-corrected chi connectivity index (χ1v) is 14.1. The number of hydrogen-bond donors (Lipinski definition) is 1. The van der Waals surface area contributed by atoms with Crippen LogP contribution in [0, 0.1) is 5.92 Å². The minimum Gasteiger partial charge on any atom is -0.504 e. The molecule has 1 N–H and O–H groups in total. The summed E-state index contributed by atoms with van der Waals surface area (Å²) in [6.07, 6.45) is 6.69. The van der Waals surface area contributed by atoms with E-state index in [-0.39, 0.29) is 17.9 Å². The molecule has 0 radical (unpaired) electrons. The molecular weight excluding hydrogens is 466 g/mol. The first kappa shape index (κ1) is 24.0. The number of aryl methyl sites for hydroxylation is 1. The monoisotopic (exact) mass is 505 g/mol. The zero-order valence-corrected chi connectivity index (χ0v) is 22.1. The molecule has 2 heterocycles. The Morgan fingerprint density at radius 2 is 1.84 bits per heavy atom. The molecule has 7 rings (SSSR count). The molecule has 37 heavy (non-hydrogen) atoms. The lowest BCUT2D eigenvalue weighted by Gasteiger charge is -2.62. The molecule has 2 aliphatic heterocycles. The molecule has 6 heteroatoms. The predicted octanol–water partition coefficient (Wildman–Crippen LogP) is 4.60. The number of phenolic OH excluding ortho intramolecular Hbond substituents is 1. The number of fused-ring (bicyclic) bond motifs is 1. The molecule has 1 spiro atoms. The minimum absolute atomic E-state index is 0.199. The van der Waals surface area contributed by atoms with Crippen LogP contribution in [0.4, 0.5) is 0 Å². The molecule has 2 aromatic rings. The molecular formula is C31H39NO5. The highest BCUT2D eigenvalue weighted by Gasteiger charge is 2.75. The van der Waals surface area contributed by atoms with Crippen molar-refractivity contribution in [2.75, 3.05) is 33.4 Å². The van der Waals surface area contributed by atoms with Gasteiger partial charge in [-0.25, -0.2) is 0 Å². The van der Waals surface area contributed by atoms with Crippen LogP contribution in [0.2, 0.25) is 0 Å². The summed E-state index contributed by atoms with van der Waals surface area (Å²) >= 11 is 0. The van der Waals surface area contributed by atoms with Gasteiger partial charge in [0.2, 0.25) is 5.79 Å². The zero-order chi connectivity index (χ0) is 25.3. The van der Waals surface area contributed by atoms with E-state index in [9.17, 15) is 5.11 Å². The standard InChI is InChI=1S/C31H39NO5/c1-29-26-23-12-13-24(33)27(26)37-28(29)31(35-17-18-36-31)15-14-30(29,25(19-23)32(2)20-22-10-11-22)34-16-6-9-21-7-4-3-5-8-21/h3-5,7-8,12-13,22,25,28,33H,6,9-11,14-20H2,1-2H3/t25?,28-,29?,30-/m1/s1. The van der Waals surface area contributed by atoms with E-state index in [4.69, 9.17) is 18.9 Å². The highest BCUT2D eigenvalue weighted by molar-refractivity contribution is 5.62. The van der Waals surface area contributed by atoms with Gasteiger partial charge < -0.3 is 24.1 Å². The number of benzene rings is 2. The van der Waals surface area contributed by atoms with Gasteiger partial charge in [0.25, 0.3) is 0 Å². The van der Waals surface area contributed by atoms with Crippen molar-refractivity contribution in [2.24, 2.45) is 5.92 Å². The maximum Gasteiger partial charge on any atom is 0.207 e. The normalized spacial score (nSPS) is 33.1. The van der Waals surface area contributed by atoms with Crippen molar-refractivity contribution in [1.29, 1.82) is 0 Å². The first-order chi connectivity index (χ1) is 18.0. The molecule has 3 aliphatic carbocycles. The van der Waals surface area contributed by atoms with E-state index in [2.05, 4.69) is 55.3 Å². The Morgan fingerprint density at radius 1 is 1.05 bits per heavy atom. The lowest BCUT2D eigenvalue weighted by atomic mass is 9.51. The van der Waals surface area contributed by atoms with Crippen LogP contribution in [0.25, 0.3) is 0 Å². The van der Waals surface area contributed by atoms with Crippen molar-refractivity contribution in [3.63, 3.8) is 0 Å². The second kappa shape index (κ2) is 8.70. The Labute approximate surface area is 219 Å². The minimum atomic E-state index is -0.800. The second-order valence-electron chi connectivity index (χ2n) is 12.1. The second-order valence-corrected chi connectivity index (χ2v) is 12.1. The summed E-state index contributed by atoms with van der Waals surface area (Å²) in [6, 6.07) is 14.8. The van der Waals surface area contributed by atoms with E-state index in [0.717, 1.165) is 50.1 Å². The number of ether oxygens (including phenoxy) is 4. The molecule has 3 fully saturated rings. The van der Waals surface area contributed by atoms with Gasteiger partial charge in [0.05, 0.1) is 24.2 Å². The van der Waals surface area contributed by atoms with Gasteiger partial charge in [0, 0.05) is 31.2 Å². The molecule has 2 aromatic carbocycles. The Balaban J connectivity index is 1.29. The fourth-order valence-corrected chi connectivity index (χ4v) is 8.04. The highest BCUT2D eigenvalue weighted by atomic mass is 16.8. The van der Waals surface area contributed by atoms with Crippen molar-refractivity contribution in [3.8, 4) is 11.5 Å². The number of phenols is 1. The summed E-state index contributed by atoms with van der Waals surface area (Å²) in [5, 5.41) is 10.9. The molecule has 0 aromatic heterocycles. The van der Waals surface area contributed by atoms with Crippen LogP contribution >= 0.6 is 0 Å². The van der Waals surface area contributed by atoms with Gasteiger partial charge in [-0.05, 0) is 75.6 Å². The Hall–Kier alpha value is -2.12. The van der Waals surface area contributed by atoms with Gasteiger partial charge >= 0.3 is 0 Å². The van der Waals surface area contributed by atoms with Crippen LogP contribution < -0.4 is 4.74 Å². The summed E-state index contributed by atoms with van der Waals surface area (Å²) in [5.74, 6) is 0.790. The first-order valence-electron chi connectivity index (χ1n) is 14.1. The zero-order valence-electron chi connectivity index (χ0n) is 22.1. The van der Waals surface area contributed by atoms with E-state index in [0.29, 0.717) is 25.6 Å². The molecule has 0 amide bonds. The summed E-state index contributed by atoms with van der Waals surface area (Å²) < 4.78 is 26.6. The summed E-state index contributed by atoms with van der Waals surface area (Å²) in [6.45, 7) is 5.22. The van der Waals surface area contributed by atoms with Gasteiger partial charge in [-0.3, -0.25) is 4.90 Å². The van der Waals surface area contributed by atoms with Crippen LogP contribution in [0.1, 0.15) is 55.7 Å². The van der Waals surface area contributed by atoms with Crippen molar-refractivity contribution >= 4 is 0 Å². The van der Waals surface area contributed by atoms with Crippen molar-refractivity contribution in [1.82, 2.24) is 4.90 Å². The third-order valence-corrected chi connectivity index (χ3v) is 9.94. The maximum absolute atomic E-state index is 10.9. The molecule has 2 saturated carbocycles. The lowest BCUT2D eigenvalue weighted by Crippen LogP contribution is -2.76. The third-order valence-electron chi connectivity index (χ3n) is 9.94. The van der Waals surface area contributed by atoms with Gasteiger partial charge in [0.15, 0.2) is 17.6 Å². The molecule has 1 saturated heterocycles. The van der Waals surface area contributed by atoms with Gasteiger partial charge in [-0.2, -0.15) is 0 Å². The quantitative estimate of drug-likeness (QED) is 0.529. The van der Waals surface area contributed by atoms with Crippen LogP contribution in [0.3, 0.4) is 0 Å². The molecule has 2 unspecified atom stereocenters. The van der Waals surface area contributed by atoms with E-state index in [1.807, 2.05) is 0 Å².